The number of nitro groups is 1. The minimum atomic E-state index is -3.84. The van der Waals surface area contributed by atoms with Crippen molar-refractivity contribution in [3.8, 4) is 0 Å². The highest BCUT2D eigenvalue weighted by Gasteiger charge is 2.21. The average molecular weight is 448 g/mol. The Morgan fingerprint density at radius 1 is 1.03 bits per heavy atom. The van der Waals surface area contributed by atoms with Crippen molar-refractivity contribution in [1.82, 2.24) is 0 Å². The lowest BCUT2D eigenvalue weighted by Crippen LogP contribution is -2.12. The van der Waals surface area contributed by atoms with Crippen LogP contribution in [-0.2, 0) is 22.0 Å². The second-order valence-electron chi connectivity index (χ2n) is 6.52. The number of benzene rings is 3. The van der Waals surface area contributed by atoms with Crippen LogP contribution in [0.25, 0.3) is 0 Å². The fourth-order valence-electron chi connectivity index (χ4n) is 2.91. The van der Waals surface area contributed by atoms with Crippen molar-refractivity contribution in [1.29, 1.82) is 0 Å². The van der Waals surface area contributed by atoms with Gasteiger partial charge in [-0.1, -0.05) is 41.9 Å². The lowest BCUT2D eigenvalue weighted by Gasteiger charge is -2.10. The van der Waals surface area contributed by atoms with Crippen molar-refractivity contribution in [2.24, 2.45) is 0 Å². The Morgan fingerprint density at radius 3 is 2.33 bits per heavy atom. The smallest absolute Gasteiger partial charge is 0.269 e. The molecule has 3 aromatic carbocycles. The molecule has 0 spiro atoms. The number of non-ortho nitro benzene ring substituents is 1. The number of sulfone groups is 1. The van der Waals surface area contributed by atoms with E-state index >= 15 is 0 Å². The van der Waals surface area contributed by atoms with E-state index in [0.717, 1.165) is 18.2 Å². The summed E-state index contributed by atoms with van der Waals surface area (Å²) in [6, 6.07) is 14.8. The van der Waals surface area contributed by atoms with E-state index in [1.807, 2.05) is 0 Å². The van der Waals surface area contributed by atoms with Gasteiger partial charge in [0.1, 0.15) is 5.82 Å². The van der Waals surface area contributed by atoms with Crippen LogP contribution in [0.5, 0.6) is 0 Å². The van der Waals surface area contributed by atoms with E-state index < -0.39 is 26.3 Å². The van der Waals surface area contributed by atoms with Crippen molar-refractivity contribution >= 4 is 32.9 Å². The minimum Gasteiger partial charge on any atom is -0.294 e. The van der Waals surface area contributed by atoms with Gasteiger partial charge in [-0.2, -0.15) is 0 Å². The maximum Gasteiger partial charge on any atom is 0.269 e. The van der Waals surface area contributed by atoms with Gasteiger partial charge in [-0.15, -0.1) is 0 Å². The zero-order valence-electron chi connectivity index (χ0n) is 15.4. The summed E-state index contributed by atoms with van der Waals surface area (Å²) in [5, 5.41) is 10.6. The van der Waals surface area contributed by atoms with E-state index in [0.29, 0.717) is 11.1 Å². The summed E-state index contributed by atoms with van der Waals surface area (Å²) < 4.78 is 38.8. The fourth-order valence-corrected chi connectivity index (χ4v) is 4.49. The predicted octanol–water partition coefficient (Wildman–Crippen LogP) is 4.79. The van der Waals surface area contributed by atoms with E-state index in [1.165, 1.54) is 36.4 Å². The summed E-state index contributed by atoms with van der Waals surface area (Å²) in [4.78, 5) is 22.8. The van der Waals surface area contributed by atoms with Gasteiger partial charge < -0.3 is 0 Å². The molecule has 0 aliphatic carbocycles. The predicted molar refractivity (Wildman–Crippen MR) is 110 cm³/mol. The largest absolute Gasteiger partial charge is 0.294 e. The Bertz CT molecular complexity index is 1230. The molecule has 9 heteroatoms. The third-order valence-corrected chi connectivity index (χ3v) is 6.39. The van der Waals surface area contributed by atoms with Gasteiger partial charge in [0.05, 0.1) is 20.6 Å². The molecule has 0 fully saturated rings. The quantitative estimate of drug-likeness (QED) is 0.295. The van der Waals surface area contributed by atoms with Crippen molar-refractivity contribution in [3.63, 3.8) is 0 Å². The van der Waals surface area contributed by atoms with Gasteiger partial charge in [-0.3, -0.25) is 14.9 Å². The Balaban J connectivity index is 1.86. The molecular weight excluding hydrogens is 433 g/mol. The molecule has 0 radical (unpaired) electrons. The maximum atomic E-state index is 13.3. The first-order chi connectivity index (χ1) is 14.2. The van der Waals surface area contributed by atoms with E-state index in [1.54, 1.807) is 12.1 Å². The fraction of sp³-hybridized carbons (Fsp3) is 0.0952. The van der Waals surface area contributed by atoms with E-state index in [9.17, 15) is 27.7 Å². The number of nitrogens with zero attached hydrogens (tertiary/aromatic N) is 1. The number of halogens is 2. The van der Waals surface area contributed by atoms with Crippen LogP contribution in [0.1, 0.15) is 21.5 Å². The molecule has 0 heterocycles. The molecule has 3 aromatic rings. The lowest BCUT2D eigenvalue weighted by molar-refractivity contribution is -0.384. The third-order valence-electron chi connectivity index (χ3n) is 4.42. The van der Waals surface area contributed by atoms with Gasteiger partial charge in [-0.25, -0.2) is 12.8 Å². The zero-order chi connectivity index (χ0) is 21.9. The molecule has 6 nitrogen and oxygen atoms in total. The number of ketones is 1. The molecule has 0 unspecified atom stereocenters. The molecule has 154 valence electrons. The number of hydrogen-bond donors (Lipinski definition) is 0. The molecule has 30 heavy (non-hydrogen) atoms. The first-order valence-corrected chi connectivity index (χ1v) is 10.7. The Morgan fingerprint density at radius 2 is 1.70 bits per heavy atom. The molecule has 0 aromatic heterocycles. The second-order valence-corrected chi connectivity index (χ2v) is 8.91. The Hall–Kier alpha value is -3.10. The molecule has 0 saturated carbocycles. The highest BCUT2D eigenvalue weighted by atomic mass is 35.5. The topological polar surface area (TPSA) is 94.3 Å². The van der Waals surface area contributed by atoms with E-state index in [-0.39, 0.29) is 33.4 Å². The SMILES string of the molecule is O=C(Cc1ccc(F)c(Cl)c1)c1ccccc1CS(=O)(=O)c1ccc([N+](=O)[O-])cc1. The van der Waals surface area contributed by atoms with Crippen molar-refractivity contribution in [3.05, 3.63) is 104 Å². The van der Waals surface area contributed by atoms with Gasteiger partial charge in [0.2, 0.25) is 0 Å². The molecule has 0 aliphatic rings. The molecule has 0 saturated heterocycles. The molecule has 0 aliphatic heterocycles. The Labute approximate surface area is 177 Å². The monoisotopic (exact) mass is 447 g/mol. The molecule has 0 bridgehead atoms. The normalized spacial score (nSPS) is 11.3. The van der Waals surface area contributed by atoms with Crippen molar-refractivity contribution in [2.45, 2.75) is 17.1 Å². The zero-order valence-corrected chi connectivity index (χ0v) is 17.0. The molecule has 3 rings (SSSR count). The summed E-state index contributed by atoms with van der Waals surface area (Å²) >= 11 is 5.75. The lowest BCUT2D eigenvalue weighted by atomic mass is 9.99. The van der Waals surface area contributed by atoms with Crippen molar-refractivity contribution < 1.29 is 22.5 Å². The average Bonchev–Trinajstić information content (AvgIpc) is 2.71. The van der Waals surface area contributed by atoms with Gasteiger partial charge >= 0.3 is 0 Å². The van der Waals surface area contributed by atoms with Crippen LogP contribution in [0.4, 0.5) is 10.1 Å². The minimum absolute atomic E-state index is 0.0748. The Kier molecular flexibility index (Phi) is 6.28. The highest BCUT2D eigenvalue weighted by Crippen LogP contribution is 2.23. The number of nitro benzene ring substituents is 1. The van der Waals surface area contributed by atoms with Crippen LogP contribution in [0.15, 0.2) is 71.6 Å². The van der Waals surface area contributed by atoms with Crippen LogP contribution < -0.4 is 0 Å². The number of rotatable bonds is 7. The number of carbonyl (C=O) groups is 1. The standard InChI is InChI=1S/C21H15ClFNO5S/c22-19-11-14(5-10-20(19)23)12-21(25)18-4-2-1-3-15(18)13-30(28,29)17-8-6-16(7-9-17)24(26)27/h1-11H,12-13H2. The van der Waals surface area contributed by atoms with Gasteiger partial charge in [0.15, 0.2) is 15.6 Å². The first-order valence-electron chi connectivity index (χ1n) is 8.69. The molecule has 0 amide bonds. The third kappa shape index (κ3) is 4.90. The highest BCUT2D eigenvalue weighted by molar-refractivity contribution is 7.90. The van der Waals surface area contributed by atoms with Crippen LogP contribution in [0.2, 0.25) is 5.02 Å². The van der Waals surface area contributed by atoms with E-state index in [4.69, 9.17) is 11.6 Å². The number of carbonyl (C=O) groups excluding carboxylic acids is 1. The molecule has 0 atom stereocenters. The molecular formula is C21H15ClFNO5S. The van der Waals surface area contributed by atoms with Crippen LogP contribution in [-0.4, -0.2) is 19.1 Å². The summed E-state index contributed by atoms with van der Waals surface area (Å²) in [7, 11) is -3.84. The van der Waals surface area contributed by atoms with Crippen LogP contribution in [0.3, 0.4) is 0 Å². The maximum absolute atomic E-state index is 13.3. The summed E-state index contributed by atoms with van der Waals surface area (Å²) in [5.74, 6) is -1.38. The van der Waals surface area contributed by atoms with Crippen LogP contribution in [0, 0.1) is 15.9 Å². The van der Waals surface area contributed by atoms with Crippen LogP contribution >= 0.6 is 11.6 Å². The first kappa shape index (κ1) is 21.6. The second kappa shape index (κ2) is 8.73. The number of hydrogen-bond acceptors (Lipinski definition) is 5. The summed E-state index contributed by atoms with van der Waals surface area (Å²) in [6.45, 7) is 0. The van der Waals surface area contributed by atoms with E-state index in [2.05, 4.69) is 0 Å². The van der Waals surface area contributed by atoms with Gasteiger partial charge in [0.25, 0.3) is 5.69 Å². The molecule has 0 N–H and O–H groups in total. The van der Waals surface area contributed by atoms with Gasteiger partial charge in [-0.05, 0) is 35.4 Å². The number of Topliss-reactive ketones (excluding diaryl/α,β-unsaturated/α-hetero) is 1. The van der Waals surface area contributed by atoms with Crippen molar-refractivity contribution in [2.75, 3.05) is 0 Å². The summed E-state index contributed by atoms with van der Waals surface area (Å²) in [5.41, 5.74) is 0.805. The summed E-state index contributed by atoms with van der Waals surface area (Å²) in [6.07, 6.45) is -0.0748. The van der Waals surface area contributed by atoms with Gasteiger partial charge in [0, 0.05) is 24.1 Å².